The molecule has 1 N–H and O–H groups in total. The van der Waals surface area contributed by atoms with Crippen LogP contribution in [0.4, 0.5) is 5.82 Å². The normalized spacial score (nSPS) is 10.5. The summed E-state index contributed by atoms with van der Waals surface area (Å²) in [5, 5.41) is 6.26. The number of carbonyl (C=O) groups is 2. The third kappa shape index (κ3) is 4.96. The number of hydrogen-bond acceptors (Lipinski definition) is 6. The van der Waals surface area contributed by atoms with E-state index in [0.29, 0.717) is 18.1 Å². The van der Waals surface area contributed by atoms with Gasteiger partial charge in [-0.2, -0.15) is 0 Å². The number of amides is 2. The predicted molar refractivity (Wildman–Crippen MR) is 82.4 cm³/mol. The smallest absolute Gasteiger partial charge is 0.235 e. The van der Waals surface area contributed by atoms with Crippen LogP contribution in [0.25, 0.3) is 0 Å². The first kappa shape index (κ1) is 16.2. The number of aryl methyl sites for hydroxylation is 1. The summed E-state index contributed by atoms with van der Waals surface area (Å²) in [5.74, 6) is 1.84. The minimum Gasteiger partial charge on any atom is -0.467 e. The van der Waals surface area contributed by atoms with Crippen molar-refractivity contribution in [3.63, 3.8) is 0 Å². The van der Waals surface area contributed by atoms with Crippen molar-refractivity contribution in [3.05, 3.63) is 36.0 Å². The Labute approximate surface area is 132 Å². The molecule has 0 aliphatic heterocycles. The minimum atomic E-state index is -0.222. The number of hydrogen-bond donors (Lipinski definition) is 1. The highest BCUT2D eigenvalue weighted by atomic mass is 32.2. The SMILES string of the molecule is Cc1cc(NC(=O)CSCC(=O)N(C)Cc2ccco2)no1. The van der Waals surface area contributed by atoms with Crippen LogP contribution >= 0.6 is 11.8 Å². The molecule has 22 heavy (non-hydrogen) atoms. The minimum absolute atomic E-state index is 0.0634. The first-order valence-corrected chi connectivity index (χ1v) is 7.77. The van der Waals surface area contributed by atoms with Gasteiger partial charge in [0.05, 0.1) is 24.3 Å². The maximum Gasteiger partial charge on any atom is 0.235 e. The summed E-state index contributed by atoms with van der Waals surface area (Å²) in [7, 11) is 1.70. The van der Waals surface area contributed by atoms with Gasteiger partial charge in [-0.15, -0.1) is 11.8 Å². The zero-order valence-electron chi connectivity index (χ0n) is 12.4. The van der Waals surface area contributed by atoms with Gasteiger partial charge in [0.25, 0.3) is 0 Å². The van der Waals surface area contributed by atoms with E-state index in [2.05, 4.69) is 10.5 Å². The number of aromatic nitrogens is 1. The molecule has 2 aromatic rings. The molecule has 0 radical (unpaired) electrons. The van der Waals surface area contributed by atoms with Gasteiger partial charge in [-0.1, -0.05) is 5.16 Å². The van der Waals surface area contributed by atoms with Crippen LogP contribution in [0.1, 0.15) is 11.5 Å². The van der Waals surface area contributed by atoms with Crippen molar-refractivity contribution in [2.24, 2.45) is 0 Å². The second-order valence-corrected chi connectivity index (χ2v) is 5.68. The van der Waals surface area contributed by atoms with Crippen molar-refractivity contribution < 1.29 is 18.5 Å². The summed E-state index contributed by atoms with van der Waals surface area (Å²) < 4.78 is 10.0. The van der Waals surface area contributed by atoms with Gasteiger partial charge < -0.3 is 19.2 Å². The van der Waals surface area contributed by atoms with Crippen LogP contribution in [0.3, 0.4) is 0 Å². The standard InChI is InChI=1S/C14H17N3O4S/c1-10-6-12(16-21-10)15-13(18)8-22-9-14(19)17(2)7-11-4-3-5-20-11/h3-6H,7-9H2,1-2H3,(H,15,16,18). The Kier molecular flexibility index (Phi) is 5.65. The highest BCUT2D eigenvalue weighted by Crippen LogP contribution is 2.10. The highest BCUT2D eigenvalue weighted by Gasteiger charge is 2.12. The molecular weight excluding hydrogens is 306 g/mol. The van der Waals surface area contributed by atoms with E-state index in [1.807, 2.05) is 6.07 Å². The van der Waals surface area contributed by atoms with E-state index < -0.39 is 0 Å². The molecule has 2 rings (SSSR count). The van der Waals surface area contributed by atoms with Gasteiger partial charge in [-0.25, -0.2) is 0 Å². The average Bonchev–Trinajstić information content (AvgIpc) is 3.10. The molecule has 0 fully saturated rings. The van der Waals surface area contributed by atoms with Gasteiger partial charge in [0.15, 0.2) is 5.82 Å². The number of carbonyl (C=O) groups excluding carboxylic acids is 2. The van der Waals surface area contributed by atoms with Crippen LogP contribution < -0.4 is 5.32 Å². The summed E-state index contributed by atoms with van der Waals surface area (Å²) in [6.45, 7) is 2.15. The lowest BCUT2D eigenvalue weighted by molar-refractivity contribution is -0.127. The van der Waals surface area contributed by atoms with Gasteiger partial charge in [-0.3, -0.25) is 9.59 Å². The monoisotopic (exact) mass is 323 g/mol. The Morgan fingerprint density at radius 3 is 2.86 bits per heavy atom. The topological polar surface area (TPSA) is 88.6 Å². The lowest BCUT2D eigenvalue weighted by Crippen LogP contribution is -2.28. The number of thioether (sulfide) groups is 1. The molecule has 0 aliphatic carbocycles. The van der Waals surface area contributed by atoms with Gasteiger partial charge >= 0.3 is 0 Å². The second kappa shape index (κ2) is 7.69. The zero-order valence-corrected chi connectivity index (χ0v) is 13.2. The number of furan rings is 1. The molecule has 2 amide bonds. The van der Waals surface area contributed by atoms with Crippen molar-refractivity contribution >= 4 is 29.4 Å². The molecule has 8 heteroatoms. The molecule has 0 bridgehead atoms. The number of anilines is 1. The molecular formula is C14H17N3O4S. The van der Waals surface area contributed by atoms with Crippen LogP contribution in [0.2, 0.25) is 0 Å². The number of nitrogens with one attached hydrogen (secondary N) is 1. The van der Waals surface area contributed by atoms with Crippen LogP contribution in [-0.2, 0) is 16.1 Å². The van der Waals surface area contributed by atoms with E-state index in [1.165, 1.54) is 11.8 Å². The summed E-state index contributed by atoms with van der Waals surface area (Å²) in [6, 6.07) is 5.22. The maximum atomic E-state index is 11.9. The van der Waals surface area contributed by atoms with E-state index in [-0.39, 0.29) is 23.3 Å². The quantitative estimate of drug-likeness (QED) is 0.837. The van der Waals surface area contributed by atoms with Crippen molar-refractivity contribution in [1.82, 2.24) is 10.1 Å². The van der Waals surface area contributed by atoms with Gasteiger partial charge in [0, 0.05) is 13.1 Å². The third-order valence-electron chi connectivity index (χ3n) is 2.75. The Hall–Kier alpha value is -2.22. The van der Waals surface area contributed by atoms with Crippen molar-refractivity contribution in [1.29, 1.82) is 0 Å². The Morgan fingerprint density at radius 2 is 2.23 bits per heavy atom. The largest absolute Gasteiger partial charge is 0.467 e. The third-order valence-corrected chi connectivity index (χ3v) is 3.67. The van der Waals surface area contributed by atoms with Gasteiger partial charge in [0.2, 0.25) is 11.8 Å². The van der Waals surface area contributed by atoms with Crippen molar-refractivity contribution in [2.45, 2.75) is 13.5 Å². The molecule has 2 aromatic heterocycles. The van der Waals surface area contributed by atoms with E-state index >= 15 is 0 Å². The fourth-order valence-corrected chi connectivity index (χ4v) is 2.42. The lowest BCUT2D eigenvalue weighted by Gasteiger charge is -2.15. The molecule has 0 aliphatic rings. The zero-order chi connectivity index (χ0) is 15.9. The number of rotatable bonds is 7. The highest BCUT2D eigenvalue weighted by molar-refractivity contribution is 8.00. The maximum absolute atomic E-state index is 11.9. The molecule has 7 nitrogen and oxygen atoms in total. The second-order valence-electron chi connectivity index (χ2n) is 4.69. The van der Waals surface area contributed by atoms with Crippen molar-refractivity contribution in [2.75, 3.05) is 23.9 Å². The van der Waals surface area contributed by atoms with Crippen LogP contribution in [0, 0.1) is 6.92 Å². The molecule has 0 unspecified atom stereocenters. The average molecular weight is 323 g/mol. The Bertz CT molecular complexity index is 624. The van der Waals surface area contributed by atoms with Crippen LogP contribution in [-0.4, -0.2) is 40.4 Å². The molecule has 0 saturated carbocycles. The summed E-state index contributed by atoms with van der Waals surface area (Å²) in [5.41, 5.74) is 0. The van der Waals surface area contributed by atoms with Crippen LogP contribution in [0.5, 0.6) is 0 Å². The summed E-state index contributed by atoms with van der Waals surface area (Å²) in [6.07, 6.45) is 1.57. The van der Waals surface area contributed by atoms with Crippen molar-refractivity contribution in [3.8, 4) is 0 Å². The molecule has 2 heterocycles. The molecule has 0 saturated heterocycles. The predicted octanol–water partition coefficient (Wildman–Crippen LogP) is 1.91. The first-order valence-electron chi connectivity index (χ1n) is 6.62. The molecule has 0 aromatic carbocycles. The summed E-state index contributed by atoms with van der Waals surface area (Å²) >= 11 is 1.24. The molecule has 0 spiro atoms. The summed E-state index contributed by atoms with van der Waals surface area (Å²) in [4.78, 5) is 25.2. The van der Waals surface area contributed by atoms with E-state index in [4.69, 9.17) is 8.94 Å². The number of nitrogens with zero attached hydrogens (tertiary/aromatic N) is 2. The fraction of sp³-hybridized carbons (Fsp3) is 0.357. The fourth-order valence-electron chi connectivity index (χ4n) is 1.67. The van der Waals surface area contributed by atoms with E-state index in [9.17, 15) is 9.59 Å². The first-order chi connectivity index (χ1) is 10.5. The molecule has 118 valence electrons. The van der Waals surface area contributed by atoms with E-state index in [1.54, 1.807) is 37.3 Å². The van der Waals surface area contributed by atoms with Crippen LogP contribution in [0.15, 0.2) is 33.4 Å². The Balaban J connectivity index is 1.66. The van der Waals surface area contributed by atoms with E-state index in [0.717, 1.165) is 5.76 Å². The van der Waals surface area contributed by atoms with Gasteiger partial charge in [-0.05, 0) is 19.1 Å². The lowest BCUT2D eigenvalue weighted by atomic mass is 10.4. The van der Waals surface area contributed by atoms with Gasteiger partial charge in [0.1, 0.15) is 11.5 Å². The molecule has 0 atom stereocenters. The Morgan fingerprint density at radius 1 is 1.41 bits per heavy atom.